The molecule has 118 valence electrons. The summed E-state index contributed by atoms with van der Waals surface area (Å²) in [5.41, 5.74) is 0.0191. The van der Waals surface area contributed by atoms with Gasteiger partial charge in [-0.3, -0.25) is 4.79 Å². The molecule has 0 atom stereocenters. The number of hydrogen-bond acceptors (Lipinski definition) is 6. The van der Waals surface area contributed by atoms with Gasteiger partial charge in [0.25, 0.3) is 5.91 Å². The number of carboxylic acid groups (broad SMARTS) is 1. The highest BCUT2D eigenvalue weighted by molar-refractivity contribution is 7.11. The minimum absolute atomic E-state index is 0.0113. The number of nitrogens with zero attached hydrogens (tertiary/aromatic N) is 2. The minimum atomic E-state index is -1.11. The molecule has 0 aromatic carbocycles. The smallest absolute Gasteiger partial charge is 0.339 e. The molecule has 0 bridgehead atoms. The molecular formula is C14H17N3O4S. The molecule has 0 aliphatic heterocycles. The molecule has 2 aromatic rings. The van der Waals surface area contributed by atoms with Crippen LogP contribution < -0.4 is 5.32 Å². The Morgan fingerprint density at radius 1 is 1.41 bits per heavy atom. The molecule has 0 spiro atoms. The van der Waals surface area contributed by atoms with E-state index < -0.39 is 11.9 Å². The van der Waals surface area contributed by atoms with E-state index in [2.05, 4.69) is 15.5 Å². The van der Waals surface area contributed by atoms with Crippen LogP contribution in [0.2, 0.25) is 0 Å². The van der Waals surface area contributed by atoms with Gasteiger partial charge in [-0.15, -0.1) is 10.2 Å². The lowest BCUT2D eigenvalue weighted by atomic mass is 10.2. The number of nitrogens with one attached hydrogen (secondary N) is 1. The molecule has 2 aromatic heterocycles. The molecule has 0 saturated heterocycles. The van der Waals surface area contributed by atoms with Crippen molar-refractivity contribution in [3.05, 3.63) is 33.2 Å². The van der Waals surface area contributed by atoms with Crippen molar-refractivity contribution in [1.29, 1.82) is 0 Å². The topological polar surface area (TPSA) is 105 Å². The van der Waals surface area contributed by atoms with E-state index in [0.717, 1.165) is 5.01 Å². The Balaban J connectivity index is 2.04. The van der Waals surface area contributed by atoms with Crippen molar-refractivity contribution in [2.24, 2.45) is 0 Å². The molecule has 0 unspecified atom stereocenters. The fourth-order valence-corrected chi connectivity index (χ4v) is 2.58. The number of carbonyl (C=O) groups is 2. The van der Waals surface area contributed by atoms with Crippen LogP contribution in [-0.4, -0.2) is 27.2 Å². The van der Waals surface area contributed by atoms with Crippen LogP contribution in [0.3, 0.4) is 0 Å². The molecule has 0 aliphatic carbocycles. The number of aromatic nitrogens is 2. The van der Waals surface area contributed by atoms with Crippen molar-refractivity contribution in [3.63, 3.8) is 0 Å². The van der Waals surface area contributed by atoms with Gasteiger partial charge in [0.15, 0.2) is 5.76 Å². The lowest BCUT2D eigenvalue weighted by Gasteiger charge is -1.99. The van der Waals surface area contributed by atoms with Gasteiger partial charge < -0.3 is 14.8 Å². The third-order valence-electron chi connectivity index (χ3n) is 2.96. The van der Waals surface area contributed by atoms with E-state index in [0.29, 0.717) is 11.4 Å². The molecule has 8 heteroatoms. The minimum Gasteiger partial charge on any atom is -0.478 e. The summed E-state index contributed by atoms with van der Waals surface area (Å²) in [6, 6.07) is 1.25. The first-order chi connectivity index (χ1) is 10.4. The molecular weight excluding hydrogens is 306 g/mol. The van der Waals surface area contributed by atoms with Crippen molar-refractivity contribution >= 4 is 23.2 Å². The summed E-state index contributed by atoms with van der Waals surface area (Å²) in [7, 11) is 0. The lowest BCUT2D eigenvalue weighted by Crippen LogP contribution is -2.22. The highest BCUT2D eigenvalue weighted by Gasteiger charge is 2.20. The molecule has 0 fully saturated rings. The largest absolute Gasteiger partial charge is 0.478 e. The fraction of sp³-hybridized carbons (Fsp3) is 0.429. The molecule has 0 saturated carbocycles. The van der Waals surface area contributed by atoms with Gasteiger partial charge >= 0.3 is 5.97 Å². The summed E-state index contributed by atoms with van der Waals surface area (Å²) in [6.45, 7) is 6.03. The summed E-state index contributed by atoms with van der Waals surface area (Å²) in [4.78, 5) is 23.1. The maximum atomic E-state index is 12.0. The highest BCUT2D eigenvalue weighted by atomic mass is 32.1. The van der Waals surface area contributed by atoms with Gasteiger partial charge in [-0.1, -0.05) is 32.1 Å². The van der Waals surface area contributed by atoms with Crippen LogP contribution in [0.4, 0.5) is 0 Å². The van der Waals surface area contributed by atoms with Crippen LogP contribution >= 0.6 is 11.3 Å². The second-order valence-corrected chi connectivity index (χ2v) is 6.07. The molecule has 0 radical (unpaired) electrons. The Morgan fingerprint density at radius 2 is 2.14 bits per heavy atom. The van der Waals surface area contributed by atoms with Gasteiger partial charge in [0.05, 0.1) is 6.54 Å². The average molecular weight is 323 g/mol. The summed E-state index contributed by atoms with van der Waals surface area (Å²) in [6.07, 6.45) is 0.406. The van der Waals surface area contributed by atoms with Crippen LogP contribution in [0.1, 0.15) is 63.4 Å². The number of aromatic carboxylic acids is 1. The summed E-state index contributed by atoms with van der Waals surface area (Å²) < 4.78 is 5.29. The van der Waals surface area contributed by atoms with Crippen molar-refractivity contribution in [2.45, 2.75) is 39.7 Å². The second kappa shape index (κ2) is 6.69. The first-order valence-electron chi connectivity index (χ1n) is 6.88. The first-order valence-corrected chi connectivity index (χ1v) is 7.70. The van der Waals surface area contributed by atoms with Crippen molar-refractivity contribution in [2.75, 3.05) is 0 Å². The summed E-state index contributed by atoms with van der Waals surface area (Å²) in [5.74, 6) is -1.01. The Morgan fingerprint density at radius 3 is 2.64 bits per heavy atom. The molecule has 2 heterocycles. The maximum absolute atomic E-state index is 12.0. The van der Waals surface area contributed by atoms with Gasteiger partial charge in [0.2, 0.25) is 0 Å². The summed E-state index contributed by atoms with van der Waals surface area (Å²) in [5, 5.41) is 21.3. The van der Waals surface area contributed by atoms with E-state index in [4.69, 9.17) is 9.52 Å². The summed E-state index contributed by atoms with van der Waals surface area (Å²) >= 11 is 1.43. The number of rotatable bonds is 6. The fourth-order valence-electron chi connectivity index (χ4n) is 1.80. The van der Waals surface area contributed by atoms with Gasteiger partial charge in [-0.25, -0.2) is 4.79 Å². The number of aryl methyl sites for hydroxylation is 1. The zero-order valence-electron chi connectivity index (χ0n) is 12.5. The lowest BCUT2D eigenvalue weighted by molar-refractivity contribution is 0.0694. The van der Waals surface area contributed by atoms with Crippen LogP contribution in [0.5, 0.6) is 0 Å². The molecule has 1 amide bonds. The molecule has 22 heavy (non-hydrogen) atoms. The van der Waals surface area contributed by atoms with Crippen LogP contribution in [0.15, 0.2) is 10.5 Å². The zero-order chi connectivity index (χ0) is 16.3. The zero-order valence-corrected chi connectivity index (χ0v) is 13.4. The monoisotopic (exact) mass is 323 g/mol. The number of carbonyl (C=O) groups excluding carboxylic acids is 1. The van der Waals surface area contributed by atoms with E-state index in [1.54, 1.807) is 6.92 Å². The van der Waals surface area contributed by atoms with Crippen molar-refractivity contribution in [1.82, 2.24) is 15.5 Å². The quantitative estimate of drug-likeness (QED) is 0.846. The van der Waals surface area contributed by atoms with Crippen LogP contribution in [0, 0.1) is 0 Å². The van der Waals surface area contributed by atoms with Crippen molar-refractivity contribution in [3.8, 4) is 0 Å². The molecule has 7 nitrogen and oxygen atoms in total. The van der Waals surface area contributed by atoms with Gasteiger partial charge in [0, 0.05) is 18.4 Å². The average Bonchev–Trinajstić information content (AvgIpc) is 3.11. The standard InChI is InChI=1S/C14H17N3O4S/c1-4-9-8(14(19)20)5-10(21-9)12(18)15-6-11-16-17-13(22-11)7(2)3/h5,7H,4,6H2,1-3H3,(H,15,18)(H,19,20). The number of hydrogen-bond donors (Lipinski definition) is 2. The van der Waals surface area contributed by atoms with Gasteiger partial charge in [-0.05, 0) is 0 Å². The Bertz CT molecular complexity index is 690. The Kier molecular flexibility index (Phi) is 4.92. The molecule has 2 N–H and O–H groups in total. The van der Waals surface area contributed by atoms with Gasteiger partial charge in [-0.2, -0.15) is 0 Å². The SMILES string of the molecule is CCc1oc(C(=O)NCc2nnc(C(C)C)s2)cc1C(=O)O. The molecule has 0 aliphatic rings. The van der Waals surface area contributed by atoms with E-state index >= 15 is 0 Å². The first kappa shape index (κ1) is 16.2. The third kappa shape index (κ3) is 3.51. The third-order valence-corrected chi connectivity index (χ3v) is 4.18. The number of amides is 1. The Hall–Kier alpha value is -2.22. The maximum Gasteiger partial charge on any atom is 0.339 e. The van der Waals surface area contributed by atoms with E-state index in [9.17, 15) is 9.59 Å². The second-order valence-electron chi connectivity index (χ2n) is 4.98. The normalized spacial score (nSPS) is 10.9. The number of carboxylic acids is 1. The highest BCUT2D eigenvalue weighted by Crippen LogP contribution is 2.19. The Labute approximate surface area is 131 Å². The van der Waals surface area contributed by atoms with E-state index in [1.165, 1.54) is 17.4 Å². The van der Waals surface area contributed by atoms with Crippen LogP contribution in [0.25, 0.3) is 0 Å². The predicted molar refractivity (Wildman–Crippen MR) is 80.2 cm³/mol. The molecule has 2 rings (SSSR count). The van der Waals surface area contributed by atoms with Crippen molar-refractivity contribution < 1.29 is 19.1 Å². The van der Waals surface area contributed by atoms with Crippen LogP contribution in [-0.2, 0) is 13.0 Å². The predicted octanol–water partition coefficient (Wildman–Crippen LogP) is 2.45. The van der Waals surface area contributed by atoms with Gasteiger partial charge in [0.1, 0.15) is 21.3 Å². The van der Waals surface area contributed by atoms with E-state index in [1.807, 2.05) is 13.8 Å². The van der Waals surface area contributed by atoms with E-state index in [-0.39, 0.29) is 29.5 Å². The number of furan rings is 1.